The quantitative estimate of drug-likeness (QED) is 0.652. The summed E-state index contributed by atoms with van der Waals surface area (Å²) in [6, 6.07) is 15.1. The van der Waals surface area contributed by atoms with Crippen molar-refractivity contribution in [3.05, 3.63) is 54.1 Å². The predicted molar refractivity (Wildman–Crippen MR) is 99.5 cm³/mol. The Kier molecular flexibility index (Phi) is 5.98. The molecular weight excluding hydrogens is 346 g/mol. The van der Waals surface area contributed by atoms with Gasteiger partial charge in [-0.05, 0) is 35.4 Å². The number of hydrogen-bond acceptors (Lipinski definition) is 6. The van der Waals surface area contributed by atoms with Gasteiger partial charge >= 0.3 is 0 Å². The summed E-state index contributed by atoms with van der Waals surface area (Å²) in [6.07, 6.45) is 0.676. The first-order chi connectivity index (χ1) is 13.2. The van der Waals surface area contributed by atoms with Gasteiger partial charge < -0.3 is 14.8 Å². The molecule has 140 valence electrons. The molecular formula is C19H21N5O3. The number of hydrogen-bond donors (Lipinski definition) is 1. The summed E-state index contributed by atoms with van der Waals surface area (Å²) in [5, 5.41) is 15.0. The van der Waals surface area contributed by atoms with Crippen LogP contribution in [-0.2, 0) is 17.8 Å². The smallest absolute Gasteiger partial charge is 0.243 e. The maximum atomic E-state index is 12.1. The molecule has 1 heterocycles. The number of nitrogens with zero attached hydrogens (tertiary/aromatic N) is 4. The lowest BCUT2D eigenvalue weighted by atomic mass is 10.1. The highest BCUT2D eigenvalue weighted by atomic mass is 16.5. The Morgan fingerprint density at radius 1 is 1.11 bits per heavy atom. The summed E-state index contributed by atoms with van der Waals surface area (Å²) < 4.78 is 10.5. The number of benzene rings is 2. The average Bonchev–Trinajstić information content (AvgIpc) is 3.17. The lowest BCUT2D eigenvalue weighted by Gasteiger charge is -2.08. The number of carbonyl (C=O) groups excluding carboxylic acids is 1. The number of aromatic nitrogens is 4. The molecule has 2 aromatic carbocycles. The van der Waals surface area contributed by atoms with Crippen molar-refractivity contribution in [1.29, 1.82) is 0 Å². The van der Waals surface area contributed by atoms with Crippen LogP contribution in [0.1, 0.15) is 5.56 Å². The fraction of sp³-hybridized carbons (Fsp3) is 0.263. The molecule has 0 bridgehead atoms. The van der Waals surface area contributed by atoms with Gasteiger partial charge in [0.1, 0.15) is 18.0 Å². The highest BCUT2D eigenvalue weighted by Crippen LogP contribution is 2.20. The van der Waals surface area contributed by atoms with E-state index in [2.05, 4.69) is 20.7 Å². The van der Waals surface area contributed by atoms with E-state index in [0.717, 1.165) is 16.9 Å². The summed E-state index contributed by atoms with van der Waals surface area (Å²) in [4.78, 5) is 13.4. The Bertz CT molecular complexity index is 910. The van der Waals surface area contributed by atoms with Gasteiger partial charge in [0.05, 0.1) is 14.2 Å². The SMILES string of the molecule is COc1cccc(-c2nnn(CC(=O)NCCc3ccccc3OC)n2)c1. The molecule has 0 radical (unpaired) electrons. The van der Waals surface area contributed by atoms with Gasteiger partial charge in [0.2, 0.25) is 11.7 Å². The number of rotatable bonds is 8. The van der Waals surface area contributed by atoms with Crippen LogP contribution < -0.4 is 14.8 Å². The van der Waals surface area contributed by atoms with Gasteiger partial charge in [-0.2, -0.15) is 4.80 Å². The van der Waals surface area contributed by atoms with Gasteiger partial charge in [-0.25, -0.2) is 0 Å². The second-order valence-corrected chi connectivity index (χ2v) is 5.79. The fourth-order valence-electron chi connectivity index (χ4n) is 2.62. The molecule has 0 unspecified atom stereocenters. The minimum Gasteiger partial charge on any atom is -0.497 e. The van der Waals surface area contributed by atoms with Crippen LogP contribution in [0.25, 0.3) is 11.4 Å². The van der Waals surface area contributed by atoms with E-state index in [1.165, 1.54) is 4.80 Å². The molecule has 0 atom stereocenters. The number of nitrogens with one attached hydrogen (secondary N) is 1. The summed E-state index contributed by atoms with van der Waals surface area (Å²) in [7, 11) is 3.23. The molecule has 0 spiro atoms. The first kappa shape index (κ1) is 18.4. The van der Waals surface area contributed by atoms with Crippen molar-refractivity contribution >= 4 is 5.91 Å². The maximum absolute atomic E-state index is 12.1. The fourth-order valence-corrected chi connectivity index (χ4v) is 2.62. The molecule has 8 nitrogen and oxygen atoms in total. The van der Waals surface area contributed by atoms with Crippen molar-refractivity contribution < 1.29 is 14.3 Å². The van der Waals surface area contributed by atoms with Crippen LogP contribution in [0.2, 0.25) is 0 Å². The van der Waals surface area contributed by atoms with Crippen LogP contribution in [0.15, 0.2) is 48.5 Å². The first-order valence-corrected chi connectivity index (χ1v) is 8.50. The number of methoxy groups -OCH3 is 2. The second kappa shape index (κ2) is 8.79. The molecule has 0 saturated heterocycles. The van der Waals surface area contributed by atoms with Gasteiger partial charge in [0.25, 0.3) is 0 Å². The highest BCUT2D eigenvalue weighted by molar-refractivity contribution is 5.75. The molecule has 1 N–H and O–H groups in total. The lowest BCUT2D eigenvalue weighted by Crippen LogP contribution is -2.30. The minimum absolute atomic E-state index is 0.00287. The van der Waals surface area contributed by atoms with E-state index >= 15 is 0 Å². The predicted octanol–water partition coefficient (Wildman–Crippen LogP) is 1.72. The van der Waals surface area contributed by atoms with E-state index in [1.807, 2.05) is 48.5 Å². The van der Waals surface area contributed by atoms with Gasteiger partial charge in [-0.1, -0.05) is 30.3 Å². The maximum Gasteiger partial charge on any atom is 0.243 e. The summed E-state index contributed by atoms with van der Waals surface area (Å²) in [6.45, 7) is 0.500. The molecule has 0 aliphatic carbocycles. The van der Waals surface area contributed by atoms with Gasteiger partial charge in [-0.3, -0.25) is 4.79 Å². The number of tetrazole rings is 1. The van der Waals surface area contributed by atoms with E-state index in [4.69, 9.17) is 9.47 Å². The van der Waals surface area contributed by atoms with E-state index in [9.17, 15) is 4.79 Å². The first-order valence-electron chi connectivity index (χ1n) is 8.50. The Hall–Kier alpha value is -3.42. The van der Waals surface area contributed by atoms with Gasteiger partial charge in [0.15, 0.2) is 0 Å². The zero-order valence-corrected chi connectivity index (χ0v) is 15.3. The zero-order chi connectivity index (χ0) is 19.1. The molecule has 1 aromatic heterocycles. The Morgan fingerprint density at radius 3 is 2.78 bits per heavy atom. The zero-order valence-electron chi connectivity index (χ0n) is 15.3. The molecule has 0 fully saturated rings. The number of amides is 1. The number of para-hydroxylation sites is 1. The molecule has 3 rings (SSSR count). The Morgan fingerprint density at radius 2 is 1.96 bits per heavy atom. The third kappa shape index (κ3) is 4.81. The van der Waals surface area contributed by atoms with Crippen LogP contribution in [0.4, 0.5) is 0 Å². The normalized spacial score (nSPS) is 10.4. The van der Waals surface area contributed by atoms with Gasteiger partial charge in [-0.15, -0.1) is 10.2 Å². The van der Waals surface area contributed by atoms with E-state index < -0.39 is 0 Å². The molecule has 0 aliphatic rings. The van der Waals surface area contributed by atoms with E-state index in [1.54, 1.807) is 14.2 Å². The lowest BCUT2D eigenvalue weighted by molar-refractivity contribution is -0.122. The summed E-state index contributed by atoms with van der Waals surface area (Å²) in [5.41, 5.74) is 1.82. The molecule has 1 amide bonds. The van der Waals surface area contributed by atoms with Crippen molar-refractivity contribution in [1.82, 2.24) is 25.5 Å². The van der Waals surface area contributed by atoms with E-state index in [-0.39, 0.29) is 12.5 Å². The molecule has 8 heteroatoms. The van der Waals surface area contributed by atoms with Crippen molar-refractivity contribution in [2.45, 2.75) is 13.0 Å². The van der Waals surface area contributed by atoms with E-state index in [0.29, 0.717) is 24.5 Å². The Balaban J connectivity index is 1.53. The molecule has 27 heavy (non-hydrogen) atoms. The molecule has 0 aliphatic heterocycles. The van der Waals surface area contributed by atoms with Crippen LogP contribution in [0.3, 0.4) is 0 Å². The second-order valence-electron chi connectivity index (χ2n) is 5.79. The summed E-state index contributed by atoms with van der Waals surface area (Å²) >= 11 is 0. The minimum atomic E-state index is -0.181. The van der Waals surface area contributed by atoms with Crippen LogP contribution in [0.5, 0.6) is 11.5 Å². The van der Waals surface area contributed by atoms with Crippen molar-refractivity contribution in [3.63, 3.8) is 0 Å². The topological polar surface area (TPSA) is 91.2 Å². The third-order valence-electron chi connectivity index (χ3n) is 3.97. The average molecular weight is 367 g/mol. The van der Waals surface area contributed by atoms with Crippen LogP contribution >= 0.6 is 0 Å². The standard InChI is InChI=1S/C19H21N5O3/c1-26-16-8-5-7-15(12-16)19-21-23-24(22-19)13-18(25)20-11-10-14-6-3-4-9-17(14)27-2/h3-9,12H,10-11,13H2,1-2H3,(H,20,25). The molecule has 3 aromatic rings. The molecule has 0 saturated carbocycles. The number of carbonyl (C=O) groups is 1. The van der Waals surface area contributed by atoms with Crippen molar-refractivity contribution in [2.24, 2.45) is 0 Å². The van der Waals surface area contributed by atoms with Crippen molar-refractivity contribution in [2.75, 3.05) is 20.8 Å². The highest BCUT2D eigenvalue weighted by Gasteiger charge is 2.10. The van der Waals surface area contributed by atoms with Crippen LogP contribution in [-0.4, -0.2) is 46.9 Å². The van der Waals surface area contributed by atoms with Crippen molar-refractivity contribution in [3.8, 4) is 22.9 Å². The number of ether oxygens (including phenoxy) is 2. The Labute approximate surface area is 157 Å². The van der Waals surface area contributed by atoms with Gasteiger partial charge in [0, 0.05) is 12.1 Å². The monoisotopic (exact) mass is 367 g/mol. The largest absolute Gasteiger partial charge is 0.497 e. The summed E-state index contributed by atoms with van der Waals surface area (Å²) in [5.74, 6) is 1.78. The van der Waals surface area contributed by atoms with Crippen LogP contribution in [0, 0.1) is 0 Å². The third-order valence-corrected chi connectivity index (χ3v) is 3.97.